The normalized spacial score (nSPS) is 11.7. The number of aldehydes is 1. The molecule has 0 heterocycles. The zero-order chi connectivity index (χ0) is 35.5. The smallest absolute Gasteiger partial charge is 0.271 e. The average Bonchev–Trinajstić information content (AvgIpc) is 3.17. The van der Waals surface area contributed by atoms with Crippen molar-refractivity contribution < 1.29 is 19.0 Å². The van der Waals surface area contributed by atoms with Crippen molar-refractivity contribution in [2.24, 2.45) is 0 Å². The first kappa shape index (κ1) is 33.3. The number of rotatable bonds is 7. The first-order chi connectivity index (χ1) is 24.9. The van der Waals surface area contributed by atoms with Crippen LogP contribution in [0.25, 0.3) is 65.3 Å². The number of fused-ring (bicyclic) bond motifs is 6. The Labute approximate surface area is 296 Å². The maximum absolute atomic E-state index is 12.1. The summed E-state index contributed by atoms with van der Waals surface area (Å²) in [7, 11) is -1.41. The predicted molar refractivity (Wildman–Crippen MR) is 209 cm³/mol. The Hall–Kier alpha value is -6.22. The highest BCUT2D eigenvalue weighted by Gasteiger charge is 2.15. The van der Waals surface area contributed by atoms with Crippen LogP contribution in [0.1, 0.15) is 10.4 Å². The average molecular weight is 689 g/mol. The van der Waals surface area contributed by atoms with Crippen molar-refractivity contribution in [1.29, 1.82) is 0 Å². The Kier molecular flexibility index (Phi) is 9.35. The number of aliphatic hydroxyl groups is 1. The van der Waals surface area contributed by atoms with Crippen LogP contribution in [0, 0.1) is 10.1 Å². The van der Waals surface area contributed by atoms with Gasteiger partial charge in [-0.15, -0.1) is 0 Å². The third-order valence-electron chi connectivity index (χ3n) is 8.98. The van der Waals surface area contributed by atoms with Crippen molar-refractivity contribution in [2.45, 2.75) is 4.90 Å². The summed E-state index contributed by atoms with van der Waals surface area (Å²) < 4.78 is 11.4. The lowest BCUT2D eigenvalue weighted by atomic mass is 9.88. The van der Waals surface area contributed by atoms with Gasteiger partial charge in [-0.1, -0.05) is 97.1 Å². The molecule has 8 heteroatoms. The number of hydrogen-bond donors (Lipinski definition) is 2. The summed E-state index contributed by atoms with van der Waals surface area (Å²) >= 11 is 0. The second kappa shape index (κ2) is 14.3. The highest BCUT2D eigenvalue weighted by molar-refractivity contribution is 7.85. The number of anilines is 1. The highest BCUT2D eigenvalue weighted by atomic mass is 32.2. The fourth-order valence-electron chi connectivity index (χ4n) is 6.67. The maximum Gasteiger partial charge on any atom is 0.271 e. The first-order valence-corrected chi connectivity index (χ1v) is 17.6. The number of carbonyl (C=O) groups is 1. The van der Waals surface area contributed by atoms with E-state index in [2.05, 4.69) is 115 Å². The Balaban J connectivity index is 0.000000229. The molecule has 8 aromatic rings. The van der Waals surface area contributed by atoms with Crippen LogP contribution in [0.5, 0.6) is 0 Å². The van der Waals surface area contributed by atoms with Gasteiger partial charge in [0.1, 0.15) is 6.29 Å². The quantitative estimate of drug-likeness (QED) is 0.0565. The van der Waals surface area contributed by atoms with Crippen LogP contribution in [0.2, 0.25) is 0 Å². The van der Waals surface area contributed by atoms with Crippen molar-refractivity contribution in [1.82, 2.24) is 0 Å². The van der Waals surface area contributed by atoms with Gasteiger partial charge in [-0.3, -0.25) is 19.1 Å². The van der Waals surface area contributed by atoms with E-state index in [0.29, 0.717) is 10.5 Å². The molecule has 0 amide bonds. The number of carbonyl (C=O) groups excluding carboxylic acids is 1. The Morgan fingerprint density at radius 1 is 0.627 bits per heavy atom. The van der Waals surface area contributed by atoms with Gasteiger partial charge in [0.2, 0.25) is 0 Å². The fourth-order valence-corrected chi connectivity index (χ4v) is 7.59. The number of nitrogens with zero attached hydrogens (tertiary/aromatic N) is 1. The molecule has 0 aliphatic heterocycles. The van der Waals surface area contributed by atoms with Crippen LogP contribution in [-0.2, 0) is 10.8 Å². The van der Waals surface area contributed by atoms with Crippen molar-refractivity contribution in [3.05, 3.63) is 161 Å². The molecule has 0 saturated carbocycles. The van der Waals surface area contributed by atoms with Gasteiger partial charge in [0.25, 0.3) is 5.69 Å². The molecule has 0 spiro atoms. The largest absolute Gasteiger partial charge is 0.398 e. The number of nitro benzene ring substituents is 1. The molecule has 0 aromatic heterocycles. The summed E-state index contributed by atoms with van der Waals surface area (Å²) in [6.07, 6.45) is 0.958. The van der Waals surface area contributed by atoms with Crippen molar-refractivity contribution >= 4 is 71.6 Å². The second-order valence-corrected chi connectivity index (χ2v) is 13.6. The Morgan fingerprint density at radius 2 is 1.10 bits per heavy atom. The fraction of sp³-hybridized carbons (Fsp3) is 0.0465. The number of benzene rings is 8. The maximum atomic E-state index is 12.1. The predicted octanol–water partition coefficient (Wildman–Crippen LogP) is 9.72. The van der Waals surface area contributed by atoms with Crippen LogP contribution in [0.4, 0.5) is 11.4 Å². The van der Waals surface area contributed by atoms with Gasteiger partial charge in [0, 0.05) is 17.7 Å². The minimum absolute atomic E-state index is 0.0714. The molecular formula is C43H32N2O5S. The number of nitro groups is 1. The summed E-state index contributed by atoms with van der Waals surface area (Å²) in [5.41, 5.74) is 10.5. The van der Waals surface area contributed by atoms with Gasteiger partial charge in [-0.25, -0.2) is 0 Å². The van der Waals surface area contributed by atoms with Crippen LogP contribution < -0.4 is 5.73 Å². The Morgan fingerprint density at radius 3 is 1.55 bits per heavy atom. The van der Waals surface area contributed by atoms with E-state index < -0.39 is 15.7 Å². The van der Waals surface area contributed by atoms with Crippen molar-refractivity contribution in [3.63, 3.8) is 0 Å². The third-order valence-corrected chi connectivity index (χ3v) is 10.4. The molecule has 0 radical (unpaired) electrons. The van der Waals surface area contributed by atoms with Gasteiger partial charge >= 0.3 is 0 Å². The molecule has 0 fully saturated rings. The van der Waals surface area contributed by atoms with Crippen LogP contribution in [0.3, 0.4) is 0 Å². The van der Waals surface area contributed by atoms with Gasteiger partial charge in [-0.05, 0) is 102 Å². The molecule has 0 aliphatic carbocycles. The van der Waals surface area contributed by atoms with Gasteiger partial charge in [-0.2, -0.15) is 0 Å². The van der Waals surface area contributed by atoms with Gasteiger partial charge in [0.05, 0.1) is 38.7 Å². The van der Waals surface area contributed by atoms with Gasteiger partial charge < -0.3 is 10.8 Å². The summed E-state index contributed by atoms with van der Waals surface area (Å²) in [5, 5.41) is 28.7. The van der Waals surface area contributed by atoms with Crippen LogP contribution in [-0.4, -0.2) is 32.9 Å². The van der Waals surface area contributed by atoms with E-state index in [1.807, 2.05) is 12.1 Å². The number of non-ortho nitro benzene ring substituents is 1. The van der Waals surface area contributed by atoms with Gasteiger partial charge in [0.15, 0.2) is 0 Å². The van der Waals surface area contributed by atoms with Crippen LogP contribution in [0.15, 0.2) is 150 Å². The molecular weight excluding hydrogens is 657 g/mol. The zero-order valence-corrected chi connectivity index (χ0v) is 28.2. The molecule has 1 atom stereocenters. The molecule has 51 heavy (non-hydrogen) atoms. The van der Waals surface area contributed by atoms with E-state index >= 15 is 0 Å². The molecule has 0 aliphatic rings. The molecule has 0 saturated heterocycles. The van der Waals surface area contributed by atoms with Crippen molar-refractivity contribution in [3.8, 4) is 22.3 Å². The van der Waals surface area contributed by atoms with E-state index in [0.717, 1.165) is 34.6 Å². The lowest BCUT2D eigenvalue weighted by molar-refractivity contribution is -0.384. The molecule has 250 valence electrons. The molecule has 8 rings (SSSR count). The van der Waals surface area contributed by atoms with Crippen LogP contribution >= 0.6 is 0 Å². The van der Waals surface area contributed by atoms with E-state index in [9.17, 15) is 19.1 Å². The van der Waals surface area contributed by atoms with Crippen molar-refractivity contribution in [2.75, 3.05) is 18.1 Å². The lowest BCUT2D eigenvalue weighted by Crippen LogP contribution is -2.05. The minimum atomic E-state index is -1.41. The summed E-state index contributed by atoms with van der Waals surface area (Å²) in [6.45, 7) is -0.219. The van der Waals surface area contributed by atoms with E-state index in [4.69, 9.17) is 10.8 Å². The molecule has 7 nitrogen and oxygen atoms in total. The van der Waals surface area contributed by atoms with E-state index in [1.165, 1.54) is 55.2 Å². The third kappa shape index (κ3) is 6.58. The monoisotopic (exact) mass is 688 g/mol. The number of hydrogen-bond acceptors (Lipinski definition) is 6. The lowest BCUT2D eigenvalue weighted by Gasteiger charge is -2.15. The summed E-state index contributed by atoms with van der Waals surface area (Å²) in [5.74, 6) is 0.0714. The standard InChI is InChI=1S/C35H22O.C8H10N2O4S/c36-22-23-17-26(34-20-24-9-1-3-11-28(24)30-13-5-7-15-32(30)34)19-27(18-23)35-21-25-10-2-4-12-29(25)31-14-6-8-16-33(31)35;9-7-5-6(10(12)13)1-2-8(7)15(14)4-3-11/h1-22H;1-2,5,11H,3-4,9H2. The Bertz CT molecular complexity index is 2520. The SMILES string of the molecule is Nc1cc([N+](=O)[O-])ccc1S(=O)CCO.O=Cc1cc(-c2cc3ccccc3c3ccccc23)cc(-c2cc3ccccc3c3ccccc23)c1. The molecule has 3 N–H and O–H groups in total. The molecule has 8 aromatic carbocycles. The molecule has 1 unspecified atom stereocenters. The number of nitrogens with two attached hydrogens (primary N) is 1. The highest BCUT2D eigenvalue weighted by Crippen LogP contribution is 2.40. The summed E-state index contributed by atoms with van der Waals surface area (Å²) in [4.78, 5) is 22.3. The van der Waals surface area contributed by atoms with E-state index in [-0.39, 0.29) is 23.7 Å². The molecule has 0 bridgehead atoms. The number of aliphatic hydroxyl groups excluding tert-OH is 1. The minimum Gasteiger partial charge on any atom is -0.398 e. The zero-order valence-electron chi connectivity index (χ0n) is 27.4. The van der Waals surface area contributed by atoms with E-state index in [1.54, 1.807) is 0 Å². The number of nitrogen functional groups attached to an aromatic ring is 1. The first-order valence-electron chi connectivity index (χ1n) is 16.3. The summed E-state index contributed by atoms with van der Waals surface area (Å²) in [6, 6.07) is 48.6. The topological polar surface area (TPSA) is 124 Å². The second-order valence-electron chi connectivity index (χ2n) is 12.1.